The topological polar surface area (TPSA) is 98.9 Å². The van der Waals surface area contributed by atoms with Crippen molar-refractivity contribution in [3.05, 3.63) is 0 Å². The number of hydrogen-bond donors (Lipinski definition) is 2. The lowest BCUT2D eigenvalue weighted by atomic mass is 9.99. The van der Waals surface area contributed by atoms with Gasteiger partial charge in [0, 0.05) is 11.8 Å². The highest BCUT2D eigenvalue weighted by atomic mass is 16.1. The standard InChI is InChI=1S/C7H14O.2CHNO/c1-5(2)7(8)6(3)4;2*2-1-3/h5-6H,1-4H3;2*2H. The van der Waals surface area contributed by atoms with E-state index in [0.29, 0.717) is 5.78 Å². The summed E-state index contributed by atoms with van der Waals surface area (Å²) in [5.74, 6) is 0.759. The maximum atomic E-state index is 10.8. The van der Waals surface area contributed by atoms with E-state index in [1.165, 1.54) is 0 Å². The van der Waals surface area contributed by atoms with Crippen LogP contribution in [0.15, 0.2) is 0 Å². The van der Waals surface area contributed by atoms with Crippen molar-refractivity contribution in [1.82, 2.24) is 0 Å². The van der Waals surface area contributed by atoms with E-state index in [1.807, 2.05) is 27.7 Å². The Kier molecular flexibility index (Phi) is 18.2. The van der Waals surface area contributed by atoms with Crippen LogP contribution in [0.5, 0.6) is 0 Å². The molecule has 0 atom stereocenters. The van der Waals surface area contributed by atoms with E-state index >= 15 is 0 Å². The van der Waals surface area contributed by atoms with Crippen molar-refractivity contribution in [2.75, 3.05) is 0 Å². The number of ketones is 1. The van der Waals surface area contributed by atoms with Gasteiger partial charge in [-0.2, -0.15) is 0 Å². The van der Waals surface area contributed by atoms with Crippen LogP contribution in [0.1, 0.15) is 27.7 Å². The van der Waals surface area contributed by atoms with Crippen molar-refractivity contribution in [2.24, 2.45) is 11.8 Å². The van der Waals surface area contributed by atoms with Crippen LogP contribution in [-0.2, 0) is 14.4 Å². The first-order valence-electron chi connectivity index (χ1n) is 4.00. The van der Waals surface area contributed by atoms with E-state index in [-0.39, 0.29) is 11.8 Å². The molecule has 5 nitrogen and oxygen atoms in total. The lowest BCUT2D eigenvalue weighted by Gasteiger charge is -2.05. The second-order valence-corrected chi connectivity index (χ2v) is 2.92. The summed E-state index contributed by atoms with van der Waals surface area (Å²) in [6, 6.07) is 0. The molecule has 0 aliphatic rings. The monoisotopic (exact) mass is 200 g/mol. The third-order valence-corrected chi connectivity index (χ3v) is 1.14. The Morgan fingerprint density at radius 1 is 0.929 bits per heavy atom. The van der Waals surface area contributed by atoms with E-state index in [1.54, 1.807) is 0 Å². The molecule has 0 saturated heterocycles. The zero-order valence-corrected chi connectivity index (χ0v) is 8.88. The molecule has 0 bridgehead atoms. The van der Waals surface area contributed by atoms with Gasteiger partial charge in [-0.25, -0.2) is 20.4 Å². The van der Waals surface area contributed by atoms with Crippen LogP contribution in [0.2, 0.25) is 0 Å². The first-order chi connectivity index (χ1) is 6.38. The highest BCUT2D eigenvalue weighted by Crippen LogP contribution is 2.03. The minimum absolute atomic E-state index is 0.204. The van der Waals surface area contributed by atoms with E-state index in [9.17, 15) is 4.79 Å². The maximum absolute atomic E-state index is 10.8. The third kappa shape index (κ3) is 22.4. The maximum Gasteiger partial charge on any atom is 0.231 e. The number of Topliss-reactive ketones (excluding diaryl/α,β-unsaturated/α-hetero) is 1. The predicted molar refractivity (Wildman–Crippen MR) is 51.5 cm³/mol. The van der Waals surface area contributed by atoms with Crippen molar-refractivity contribution in [3.63, 3.8) is 0 Å². The molecule has 0 aromatic heterocycles. The average Bonchev–Trinajstić information content (AvgIpc) is 2.05. The zero-order valence-electron chi connectivity index (χ0n) is 8.88. The Labute approximate surface area is 83.5 Å². The van der Waals surface area contributed by atoms with Crippen molar-refractivity contribution >= 4 is 17.9 Å². The summed E-state index contributed by atoms with van der Waals surface area (Å²) >= 11 is 0. The summed E-state index contributed by atoms with van der Waals surface area (Å²) < 4.78 is 0. The van der Waals surface area contributed by atoms with Gasteiger partial charge >= 0.3 is 0 Å². The third-order valence-electron chi connectivity index (χ3n) is 1.14. The van der Waals surface area contributed by atoms with Crippen LogP contribution in [0.4, 0.5) is 0 Å². The second kappa shape index (κ2) is 14.0. The van der Waals surface area contributed by atoms with Crippen molar-refractivity contribution in [2.45, 2.75) is 27.7 Å². The number of rotatable bonds is 2. The molecule has 0 saturated carbocycles. The average molecular weight is 200 g/mol. The Hall–Kier alpha value is -1.57. The molecule has 0 amide bonds. The molecule has 2 N–H and O–H groups in total. The number of carbonyl (C=O) groups excluding carboxylic acids is 3. The predicted octanol–water partition coefficient (Wildman–Crippen LogP) is 1.67. The van der Waals surface area contributed by atoms with Gasteiger partial charge in [0.15, 0.2) is 0 Å². The molecule has 0 rings (SSSR count). The Balaban J connectivity index is -0.000000168. The molecule has 80 valence electrons. The Morgan fingerprint density at radius 3 is 1.07 bits per heavy atom. The van der Waals surface area contributed by atoms with Gasteiger partial charge in [-0.05, 0) is 0 Å². The van der Waals surface area contributed by atoms with Crippen LogP contribution < -0.4 is 0 Å². The Morgan fingerprint density at radius 2 is 1.07 bits per heavy atom. The summed E-state index contributed by atoms with van der Waals surface area (Å²) in [5.41, 5.74) is 0. The fourth-order valence-corrected chi connectivity index (χ4v) is 0.667. The second-order valence-electron chi connectivity index (χ2n) is 2.92. The van der Waals surface area contributed by atoms with Crippen molar-refractivity contribution in [1.29, 1.82) is 10.8 Å². The molecule has 0 fully saturated rings. The summed E-state index contributed by atoms with van der Waals surface area (Å²) in [6.45, 7) is 7.73. The molecule has 0 spiro atoms. The number of carbonyl (C=O) groups is 1. The SMILES string of the molecule is CC(C)C(=O)C(C)C.N=C=O.N=C=O. The molecule has 0 unspecified atom stereocenters. The van der Waals surface area contributed by atoms with Crippen LogP contribution in [-0.4, -0.2) is 17.9 Å². The smallest absolute Gasteiger partial charge is 0.231 e. The Bertz CT molecular complexity index is 188. The van der Waals surface area contributed by atoms with Crippen molar-refractivity contribution in [3.8, 4) is 0 Å². The summed E-state index contributed by atoms with van der Waals surface area (Å²) in [7, 11) is 0. The lowest BCUT2D eigenvalue weighted by molar-refractivity contribution is -0.124. The van der Waals surface area contributed by atoms with Crippen LogP contribution in [0, 0.1) is 22.7 Å². The normalized spacial score (nSPS) is 7.29. The number of isocyanates is 2. The summed E-state index contributed by atoms with van der Waals surface area (Å²) in [6.07, 6.45) is 1.50. The van der Waals surface area contributed by atoms with Gasteiger partial charge in [0.25, 0.3) is 0 Å². The van der Waals surface area contributed by atoms with E-state index in [4.69, 9.17) is 20.4 Å². The zero-order chi connectivity index (χ0) is 12.1. The van der Waals surface area contributed by atoms with Gasteiger partial charge < -0.3 is 0 Å². The van der Waals surface area contributed by atoms with Gasteiger partial charge in [-0.1, -0.05) is 27.7 Å². The van der Waals surface area contributed by atoms with Gasteiger partial charge in [0.05, 0.1) is 0 Å². The first kappa shape index (κ1) is 18.3. The van der Waals surface area contributed by atoms with Crippen LogP contribution in [0.25, 0.3) is 0 Å². The molecule has 0 aromatic rings. The van der Waals surface area contributed by atoms with Crippen LogP contribution >= 0.6 is 0 Å². The molecule has 0 aliphatic heterocycles. The highest BCUT2D eigenvalue weighted by Gasteiger charge is 2.09. The van der Waals surface area contributed by atoms with E-state index in [2.05, 4.69) is 0 Å². The molecular formula is C9H16N2O3. The first-order valence-corrected chi connectivity index (χ1v) is 4.00. The minimum atomic E-state index is 0.204. The van der Waals surface area contributed by atoms with E-state index in [0.717, 1.165) is 12.2 Å². The molecule has 0 radical (unpaired) electrons. The molecule has 0 heterocycles. The molecule has 5 heteroatoms. The lowest BCUT2D eigenvalue weighted by Crippen LogP contribution is -2.13. The fourth-order valence-electron chi connectivity index (χ4n) is 0.667. The highest BCUT2D eigenvalue weighted by molar-refractivity contribution is 5.81. The van der Waals surface area contributed by atoms with Crippen LogP contribution in [0.3, 0.4) is 0 Å². The summed E-state index contributed by atoms with van der Waals surface area (Å²) in [4.78, 5) is 27.5. The number of hydrogen-bond acceptors (Lipinski definition) is 5. The van der Waals surface area contributed by atoms with E-state index < -0.39 is 0 Å². The quantitative estimate of drug-likeness (QED) is 0.523. The minimum Gasteiger partial charge on any atom is -0.299 e. The fraction of sp³-hybridized carbons (Fsp3) is 0.667. The largest absolute Gasteiger partial charge is 0.299 e. The number of nitrogens with one attached hydrogen (secondary N) is 2. The van der Waals surface area contributed by atoms with Gasteiger partial charge in [-0.3, -0.25) is 4.79 Å². The van der Waals surface area contributed by atoms with Crippen molar-refractivity contribution < 1.29 is 14.4 Å². The van der Waals surface area contributed by atoms with Gasteiger partial charge in [0.2, 0.25) is 12.2 Å². The van der Waals surface area contributed by atoms with Gasteiger partial charge in [-0.15, -0.1) is 0 Å². The molecule has 0 aliphatic carbocycles. The summed E-state index contributed by atoms with van der Waals surface area (Å²) in [5, 5.41) is 10.8. The van der Waals surface area contributed by atoms with Gasteiger partial charge in [0.1, 0.15) is 5.78 Å². The molecule has 14 heavy (non-hydrogen) atoms. The molecule has 0 aromatic carbocycles. The molecular weight excluding hydrogens is 184 g/mol.